The molecule has 0 bridgehead atoms. The lowest BCUT2D eigenvalue weighted by Gasteiger charge is -2.29. The zero-order valence-electron chi connectivity index (χ0n) is 33.6. The Bertz CT molecular complexity index is 1790. The lowest BCUT2D eigenvalue weighted by atomic mass is 10.0. The van der Waals surface area contributed by atoms with Crippen LogP contribution in [0.2, 0.25) is 0 Å². The van der Waals surface area contributed by atoms with Crippen LogP contribution >= 0.6 is 12.6 Å². The third-order valence-corrected chi connectivity index (χ3v) is 10.2. The minimum absolute atomic E-state index is 0.0104. The Labute approximate surface area is 353 Å². The van der Waals surface area contributed by atoms with Crippen molar-refractivity contribution in [2.75, 3.05) is 25.4 Å². The van der Waals surface area contributed by atoms with Crippen LogP contribution in [0.15, 0.2) is 54.6 Å². The third-order valence-electron chi connectivity index (χ3n) is 9.79. The number of nitrogens with zero attached hydrogens (tertiary/aromatic N) is 1. The molecular weight excluding hydrogens is 799 g/mol. The molecule has 19 nitrogen and oxygen atoms in total. The quantitative estimate of drug-likeness (QED) is 0.0459. The molecule has 1 aliphatic rings. The smallest absolute Gasteiger partial charge is 0.326 e. The molecule has 60 heavy (non-hydrogen) atoms. The molecule has 2 aromatic rings. The number of amides is 8. The van der Waals surface area contributed by atoms with Crippen molar-refractivity contribution in [1.29, 1.82) is 0 Å². The van der Waals surface area contributed by atoms with Gasteiger partial charge in [0.2, 0.25) is 35.4 Å². The van der Waals surface area contributed by atoms with E-state index < -0.39 is 77.8 Å². The molecule has 0 radical (unpaired) electrons. The van der Waals surface area contributed by atoms with Crippen LogP contribution in [-0.2, 0) is 46.4 Å². The Kier molecular flexibility index (Phi) is 20.1. The molecule has 328 valence electrons. The number of phenols is 1. The van der Waals surface area contributed by atoms with Gasteiger partial charge in [-0.1, -0.05) is 42.5 Å². The second-order valence-electron chi connectivity index (χ2n) is 14.5. The maximum atomic E-state index is 14.3. The Hall–Kier alpha value is -5.89. The number of rotatable bonds is 24. The monoisotopic (exact) mass is 855 g/mol. The van der Waals surface area contributed by atoms with Crippen molar-refractivity contribution >= 4 is 60.1 Å². The summed E-state index contributed by atoms with van der Waals surface area (Å²) in [5.74, 6) is -5.10. The summed E-state index contributed by atoms with van der Waals surface area (Å²) in [6.07, 6.45) is 1.59. The van der Waals surface area contributed by atoms with Crippen molar-refractivity contribution in [2.24, 2.45) is 11.5 Å². The van der Waals surface area contributed by atoms with Gasteiger partial charge in [-0.05, 0) is 68.2 Å². The molecule has 12 N–H and O–H groups in total. The van der Waals surface area contributed by atoms with Crippen molar-refractivity contribution in [3.63, 3.8) is 0 Å². The van der Waals surface area contributed by atoms with Crippen molar-refractivity contribution in [3.8, 4) is 5.75 Å². The molecule has 0 aliphatic carbocycles. The molecule has 0 aromatic heterocycles. The van der Waals surface area contributed by atoms with Crippen molar-refractivity contribution in [1.82, 2.24) is 36.8 Å². The number of hydrogen-bond donors (Lipinski definition) is 11. The summed E-state index contributed by atoms with van der Waals surface area (Å²) in [5, 5.41) is 35.6. The minimum Gasteiger partial charge on any atom is -0.508 e. The first kappa shape index (κ1) is 48.5. The fourth-order valence-electron chi connectivity index (χ4n) is 6.59. The van der Waals surface area contributed by atoms with E-state index in [9.17, 15) is 48.6 Å². The lowest BCUT2D eigenvalue weighted by molar-refractivity contribution is -0.149. The normalized spacial score (nSPS) is 15.9. The van der Waals surface area contributed by atoms with Gasteiger partial charge in [-0.3, -0.25) is 28.8 Å². The van der Waals surface area contributed by atoms with E-state index in [1.807, 2.05) is 0 Å². The number of hydrogen-bond acceptors (Lipinski definition) is 11. The van der Waals surface area contributed by atoms with Crippen LogP contribution in [0.1, 0.15) is 63.0 Å². The number of carboxylic acid groups (broad SMARTS) is 1. The number of phenolic OH excluding ortho intramolecular Hbond substituents is 1. The third kappa shape index (κ3) is 16.4. The summed E-state index contributed by atoms with van der Waals surface area (Å²) < 4.78 is 0. The maximum absolute atomic E-state index is 14.3. The molecule has 3 rings (SSSR count). The van der Waals surface area contributed by atoms with E-state index in [0.29, 0.717) is 30.4 Å². The van der Waals surface area contributed by atoms with E-state index in [4.69, 9.17) is 11.5 Å². The number of aliphatic carboxylic acids is 1. The molecule has 6 atom stereocenters. The van der Waals surface area contributed by atoms with Gasteiger partial charge in [0.05, 0.1) is 6.04 Å². The van der Waals surface area contributed by atoms with E-state index in [1.165, 1.54) is 24.0 Å². The van der Waals surface area contributed by atoms with Gasteiger partial charge < -0.3 is 58.5 Å². The standard InChI is InChI=1S/C40H57N9O10S/c1-24(50)43-18-6-5-11-29(46-35(53)30(12-7-19-44-40(42)59)45-34(52)28(41)23-60)36(54)47-31(21-26-14-16-27(51)17-15-26)37(55)48-32(22-25-9-3-2-4-10-25)38(56)49-20-8-13-33(49)39(57)58/h2-4,9-10,14-17,28-33,51,60H,5-8,11-13,18-23,41H2,1H3,(H,43,50)(H,45,52)(H,46,53)(H,47,54)(H,48,55)(H,57,58)(H3,42,44,59)/t28-,29-,30-,31-,32-,33-/m0/s1. The number of nitrogens with two attached hydrogens (primary N) is 2. The van der Waals surface area contributed by atoms with Crippen molar-refractivity contribution < 1.29 is 48.6 Å². The number of carbonyl (C=O) groups excluding carboxylic acids is 7. The van der Waals surface area contributed by atoms with Crippen molar-refractivity contribution in [3.05, 3.63) is 65.7 Å². The fraction of sp³-hybridized carbons (Fsp3) is 0.500. The van der Waals surface area contributed by atoms with Gasteiger partial charge in [0.15, 0.2) is 0 Å². The van der Waals surface area contributed by atoms with Gasteiger partial charge in [0.1, 0.15) is 36.0 Å². The predicted molar refractivity (Wildman–Crippen MR) is 223 cm³/mol. The predicted octanol–water partition coefficient (Wildman–Crippen LogP) is -0.796. The first-order valence-corrected chi connectivity index (χ1v) is 20.4. The number of carboxylic acids is 1. The van der Waals surface area contributed by atoms with E-state index in [2.05, 4.69) is 44.5 Å². The highest BCUT2D eigenvalue weighted by molar-refractivity contribution is 7.80. The summed E-state index contributed by atoms with van der Waals surface area (Å²) in [7, 11) is 0. The van der Waals surface area contributed by atoms with E-state index in [-0.39, 0.29) is 75.6 Å². The topological polar surface area (TPSA) is 304 Å². The van der Waals surface area contributed by atoms with Gasteiger partial charge in [-0.15, -0.1) is 0 Å². The molecular formula is C40H57N9O10S. The summed E-state index contributed by atoms with van der Waals surface area (Å²) in [5.41, 5.74) is 12.2. The fourth-order valence-corrected chi connectivity index (χ4v) is 6.75. The van der Waals surface area contributed by atoms with Gasteiger partial charge in [-0.25, -0.2) is 9.59 Å². The Morgan fingerprint density at radius 3 is 1.87 bits per heavy atom. The second-order valence-corrected chi connectivity index (χ2v) is 14.9. The molecule has 1 aliphatic heterocycles. The molecule has 1 heterocycles. The SMILES string of the molecule is CC(=O)NCCCC[C@H](NC(=O)[C@H](CCCNC(N)=O)NC(=O)[C@@H](N)CS)C(=O)N[C@@H](Cc1ccc(O)cc1)C(=O)N[C@@H](Cc1ccccc1)C(=O)N1CCC[C@H]1C(=O)O. The zero-order chi connectivity index (χ0) is 44.2. The van der Waals surface area contributed by atoms with E-state index in [0.717, 1.165) is 0 Å². The maximum Gasteiger partial charge on any atom is 0.326 e. The van der Waals surface area contributed by atoms with Crippen LogP contribution < -0.4 is 43.4 Å². The van der Waals surface area contributed by atoms with Crippen LogP contribution in [-0.4, -0.2) is 124 Å². The molecule has 1 saturated heterocycles. The number of thiol groups is 1. The minimum atomic E-state index is -1.36. The second kappa shape index (κ2) is 24.9. The number of likely N-dealkylation sites (tertiary alicyclic amines) is 1. The molecule has 1 fully saturated rings. The number of benzene rings is 2. The number of carbonyl (C=O) groups is 8. The first-order chi connectivity index (χ1) is 28.6. The summed E-state index contributed by atoms with van der Waals surface area (Å²) in [6.45, 7) is 1.90. The van der Waals surface area contributed by atoms with E-state index in [1.54, 1.807) is 42.5 Å². The van der Waals surface area contributed by atoms with Crippen LogP contribution in [0.25, 0.3) is 0 Å². The number of urea groups is 1. The van der Waals surface area contributed by atoms with Crippen molar-refractivity contribution in [2.45, 2.75) is 101 Å². The number of unbranched alkanes of at least 4 members (excludes halogenated alkanes) is 1. The van der Waals surface area contributed by atoms with Gasteiger partial charge in [0, 0.05) is 45.2 Å². The van der Waals surface area contributed by atoms with Crippen LogP contribution in [0.5, 0.6) is 5.75 Å². The highest BCUT2D eigenvalue weighted by atomic mass is 32.1. The molecule has 0 saturated carbocycles. The van der Waals surface area contributed by atoms with Gasteiger partial charge >= 0.3 is 12.0 Å². The van der Waals surface area contributed by atoms with Crippen LogP contribution in [0.3, 0.4) is 0 Å². The van der Waals surface area contributed by atoms with Crippen LogP contribution in [0, 0.1) is 0 Å². The average Bonchev–Trinajstić information content (AvgIpc) is 3.72. The average molecular weight is 856 g/mol. The Morgan fingerprint density at radius 1 is 0.733 bits per heavy atom. The highest BCUT2D eigenvalue weighted by Crippen LogP contribution is 2.20. The molecule has 2 aromatic carbocycles. The zero-order valence-corrected chi connectivity index (χ0v) is 34.5. The summed E-state index contributed by atoms with van der Waals surface area (Å²) in [6, 6.07) is 6.74. The molecule has 0 unspecified atom stereocenters. The van der Waals surface area contributed by atoms with Gasteiger partial charge in [0.25, 0.3) is 0 Å². The van der Waals surface area contributed by atoms with Crippen LogP contribution in [0.4, 0.5) is 4.79 Å². The largest absolute Gasteiger partial charge is 0.508 e. The molecule has 8 amide bonds. The number of aromatic hydroxyl groups is 1. The number of primary amides is 1. The summed E-state index contributed by atoms with van der Waals surface area (Å²) >= 11 is 4.05. The number of nitrogens with one attached hydrogen (secondary N) is 6. The molecule has 0 spiro atoms. The lowest BCUT2D eigenvalue weighted by Crippen LogP contribution is -2.60. The van der Waals surface area contributed by atoms with Gasteiger partial charge in [-0.2, -0.15) is 12.6 Å². The highest BCUT2D eigenvalue weighted by Gasteiger charge is 2.39. The molecule has 20 heteroatoms. The first-order valence-electron chi connectivity index (χ1n) is 19.8. The summed E-state index contributed by atoms with van der Waals surface area (Å²) in [4.78, 5) is 105. The Morgan fingerprint density at radius 2 is 1.27 bits per heavy atom. The van der Waals surface area contributed by atoms with E-state index >= 15 is 0 Å². The Balaban J connectivity index is 1.94.